The molecule has 0 fully saturated rings. The average molecular weight is 242 g/mol. The Morgan fingerprint density at radius 3 is 2.76 bits per heavy atom. The minimum absolute atomic E-state index is 0.248. The number of nitrogens with zero attached hydrogens (tertiary/aromatic N) is 1. The lowest BCUT2D eigenvalue weighted by Crippen LogP contribution is -2.29. The number of rotatable bonds is 6. The predicted molar refractivity (Wildman–Crippen MR) is 60.8 cm³/mol. The van der Waals surface area contributed by atoms with Crippen molar-refractivity contribution in [2.75, 3.05) is 13.2 Å². The average Bonchev–Trinajstić information content (AvgIpc) is 2.28. The molecule has 1 aromatic rings. The maximum atomic E-state index is 9.40. The number of hydrogen-bond acceptors (Lipinski definition) is 6. The van der Waals surface area contributed by atoms with E-state index in [-0.39, 0.29) is 13.2 Å². The van der Waals surface area contributed by atoms with Crippen molar-refractivity contribution < 1.29 is 20.4 Å². The molecule has 17 heavy (non-hydrogen) atoms. The Balaban J connectivity index is 2.55. The number of hydrogen-bond donors (Lipinski definition) is 5. The predicted octanol–water partition coefficient (Wildman–Crippen LogP) is -1.32. The molecule has 0 bridgehead atoms. The van der Waals surface area contributed by atoms with Crippen LogP contribution in [0.3, 0.4) is 0 Å². The molecule has 0 spiro atoms. The van der Waals surface area contributed by atoms with Gasteiger partial charge in [0.25, 0.3) is 0 Å². The molecule has 0 aliphatic heterocycles. The molecule has 1 atom stereocenters. The Hall–Kier alpha value is -1.05. The Labute approximate surface area is 99.6 Å². The van der Waals surface area contributed by atoms with Crippen molar-refractivity contribution in [3.8, 4) is 0 Å². The van der Waals surface area contributed by atoms with Crippen molar-refractivity contribution in [1.82, 2.24) is 10.3 Å². The van der Waals surface area contributed by atoms with Gasteiger partial charge in [-0.15, -0.1) is 0 Å². The van der Waals surface area contributed by atoms with Gasteiger partial charge in [0.05, 0.1) is 18.4 Å². The molecule has 1 aromatic heterocycles. The minimum atomic E-state index is -1.89. The number of aliphatic hydroxyl groups is 4. The van der Waals surface area contributed by atoms with Crippen molar-refractivity contribution in [3.05, 3.63) is 29.6 Å². The third-order valence-electron chi connectivity index (χ3n) is 2.26. The van der Waals surface area contributed by atoms with Gasteiger partial charge in [-0.25, -0.2) is 0 Å². The van der Waals surface area contributed by atoms with Crippen molar-refractivity contribution >= 4 is 0 Å². The first kappa shape index (κ1) is 14.0. The van der Waals surface area contributed by atoms with Crippen LogP contribution in [0.25, 0.3) is 0 Å². The SMILES string of the molecule is CC(O)(O)c1ccnc(CNC[C@@H](O)CO)c1. The first-order chi connectivity index (χ1) is 7.93. The fraction of sp³-hybridized carbons (Fsp3) is 0.545. The fourth-order valence-corrected chi connectivity index (χ4v) is 1.30. The van der Waals surface area contributed by atoms with Gasteiger partial charge in [0.15, 0.2) is 5.79 Å². The molecule has 0 saturated heterocycles. The lowest BCUT2D eigenvalue weighted by Gasteiger charge is -2.17. The van der Waals surface area contributed by atoms with E-state index in [2.05, 4.69) is 10.3 Å². The van der Waals surface area contributed by atoms with E-state index in [0.29, 0.717) is 17.8 Å². The van der Waals surface area contributed by atoms with Crippen LogP contribution in [0.5, 0.6) is 0 Å². The van der Waals surface area contributed by atoms with Gasteiger partial charge < -0.3 is 25.7 Å². The quantitative estimate of drug-likeness (QED) is 0.396. The number of nitrogens with one attached hydrogen (secondary N) is 1. The van der Waals surface area contributed by atoms with Crippen LogP contribution in [0.4, 0.5) is 0 Å². The van der Waals surface area contributed by atoms with E-state index < -0.39 is 11.9 Å². The van der Waals surface area contributed by atoms with Gasteiger partial charge in [-0.2, -0.15) is 0 Å². The summed E-state index contributed by atoms with van der Waals surface area (Å²) in [6.45, 7) is 1.60. The van der Waals surface area contributed by atoms with E-state index in [9.17, 15) is 10.2 Å². The summed E-state index contributed by atoms with van der Waals surface area (Å²) in [5, 5.41) is 39.4. The number of aromatic nitrogens is 1. The van der Waals surface area contributed by atoms with Gasteiger partial charge in [-0.1, -0.05) is 0 Å². The molecule has 0 unspecified atom stereocenters. The molecule has 1 heterocycles. The van der Waals surface area contributed by atoms with Crippen molar-refractivity contribution in [2.45, 2.75) is 25.4 Å². The monoisotopic (exact) mass is 242 g/mol. The Morgan fingerprint density at radius 2 is 2.18 bits per heavy atom. The standard InChI is InChI=1S/C11H18N2O4/c1-11(16,17)8-2-3-13-9(4-8)5-12-6-10(15)7-14/h2-4,10,12,14-17H,5-7H2,1H3/t10-/m1/s1. The fourth-order valence-electron chi connectivity index (χ4n) is 1.30. The van der Waals surface area contributed by atoms with Gasteiger partial charge in [-0.3, -0.25) is 4.98 Å². The number of pyridine rings is 1. The highest BCUT2D eigenvalue weighted by molar-refractivity contribution is 5.20. The summed E-state index contributed by atoms with van der Waals surface area (Å²) < 4.78 is 0. The van der Waals surface area contributed by atoms with Gasteiger partial charge in [0.2, 0.25) is 0 Å². The molecule has 6 nitrogen and oxygen atoms in total. The highest BCUT2D eigenvalue weighted by Crippen LogP contribution is 2.16. The Morgan fingerprint density at radius 1 is 1.47 bits per heavy atom. The minimum Gasteiger partial charge on any atom is -0.394 e. The summed E-state index contributed by atoms with van der Waals surface area (Å²) in [7, 11) is 0. The zero-order valence-corrected chi connectivity index (χ0v) is 9.67. The maximum absolute atomic E-state index is 9.40. The van der Waals surface area contributed by atoms with E-state index >= 15 is 0 Å². The molecular weight excluding hydrogens is 224 g/mol. The van der Waals surface area contributed by atoms with E-state index in [1.807, 2.05) is 0 Å². The smallest absolute Gasteiger partial charge is 0.186 e. The summed E-state index contributed by atoms with van der Waals surface area (Å²) in [5.41, 5.74) is 0.981. The molecule has 0 radical (unpaired) electrons. The topological polar surface area (TPSA) is 106 Å². The highest BCUT2D eigenvalue weighted by Gasteiger charge is 2.18. The first-order valence-corrected chi connectivity index (χ1v) is 5.33. The zero-order chi connectivity index (χ0) is 12.9. The molecule has 0 aliphatic rings. The summed E-state index contributed by atoms with van der Waals surface area (Å²) in [5.74, 6) is -1.89. The second kappa shape index (κ2) is 6.04. The summed E-state index contributed by atoms with van der Waals surface area (Å²) >= 11 is 0. The molecule has 96 valence electrons. The molecule has 0 aromatic carbocycles. The molecule has 0 amide bonds. The van der Waals surface area contributed by atoms with E-state index in [1.165, 1.54) is 19.2 Å². The molecule has 0 saturated carbocycles. The largest absolute Gasteiger partial charge is 0.394 e. The summed E-state index contributed by atoms with van der Waals surface area (Å²) in [6, 6.07) is 3.09. The summed E-state index contributed by atoms with van der Waals surface area (Å²) in [6.07, 6.45) is 0.679. The van der Waals surface area contributed by atoms with Gasteiger partial charge >= 0.3 is 0 Å². The van der Waals surface area contributed by atoms with Crippen LogP contribution in [-0.4, -0.2) is 44.7 Å². The van der Waals surface area contributed by atoms with E-state index in [4.69, 9.17) is 10.2 Å². The van der Waals surface area contributed by atoms with Crippen molar-refractivity contribution in [2.24, 2.45) is 0 Å². The van der Waals surface area contributed by atoms with E-state index in [0.717, 1.165) is 0 Å². The van der Waals surface area contributed by atoms with Crippen molar-refractivity contribution in [1.29, 1.82) is 0 Å². The van der Waals surface area contributed by atoms with Crippen LogP contribution >= 0.6 is 0 Å². The lowest BCUT2D eigenvalue weighted by molar-refractivity contribution is -0.152. The van der Waals surface area contributed by atoms with Crippen LogP contribution in [-0.2, 0) is 12.3 Å². The van der Waals surface area contributed by atoms with Crippen LogP contribution in [0.2, 0.25) is 0 Å². The second-order valence-electron chi connectivity index (χ2n) is 4.02. The van der Waals surface area contributed by atoms with Crippen molar-refractivity contribution in [3.63, 3.8) is 0 Å². The third-order valence-corrected chi connectivity index (χ3v) is 2.26. The molecule has 1 rings (SSSR count). The Kier molecular flexibility index (Phi) is 4.98. The van der Waals surface area contributed by atoms with Crippen LogP contribution < -0.4 is 5.32 Å². The lowest BCUT2D eigenvalue weighted by atomic mass is 10.1. The number of aliphatic hydroxyl groups excluding tert-OH is 2. The van der Waals surface area contributed by atoms with E-state index in [1.54, 1.807) is 6.07 Å². The first-order valence-electron chi connectivity index (χ1n) is 5.33. The van der Waals surface area contributed by atoms with Gasteiger partial charge in [0, 0.05) is 24.8 Å². The highest BCUT2D eigenvalue weighted by atomic mass is 16.5. The molecule has 0 aliphatic carbocycles. The molecule has 6 heteroatoms. The maximum Gasteiger partial charge on any atom is 0.186 e. The van der Waals surface area contributed by atoms with Crippen LogP contribution in [0.15, 0.2) is 18.3 Å². The third kappa shape index (κ3) is 4.76. The Bertz CT molecular complexity index is 352. The van der Waals surface area contributed by atoms with Crippen LogP contribution in [0.1, 0.15) is 18.2 Å². The van der Waals surface area contributed by atoms with Crippen LogP contribution in [0, 0.1) is 0 Å². The molecular formula is C11H18N2O4. The second-order valence-corrected chi connectivity index (χ2v) is 4.02. The summed E-state index contributed by atoms with van der Waals surface area (Å²) in [4.78, 5) is 4.05. The normalized spacial score (nSPS) is 13.7. The van der Waals surface area contributed by atoms with Gasteiger partial charge in [-0.05, 0) is 19.1 Å². The molecule has 5 N–H and O–H groups in total. The van der Waals surface area contributed by atoms with Gasteiger partial charge in [0.1, 0.15) is 0 Å². The zero-order valence-electron chi connectivity index (χ0n) is 9.67.